The minimum atomic E-state index is -4.15. The predicted molar refractivity (Wildman–Crippen MR) is 57.1 cm³/mol. The highest BCUT2D eigenvalue weighted by Gasteiger charge is 2.48. The Morgan fingerprint density at radius 1 is 1.38 bits per heavy atom. The molecule has 0 spiro atoms. The maximum absolute atomic E-state index is 12.0. The molecule has 2 fully saturated rings. The number of halogens is 3. The van der Waals surface area contributed by atoms with Crippen LogP contribution in [-0.4, -0.2) is 29.5 Å². The van der Waals surface area contributed by atoms with Crippen molar-refractivity contribution in [3.05, 3.63) is 0 Å². The monoisotopic (exact) mass is 255 g/mol. The molecule has 2 N–H and O–H groups in total. The highest BCUT2D eigenvalue weighted by atomic mass is 32.2. The highest BCUT2D eigenvalue weighted by molar-refractivity contribution is 8.00. The Morgan fingerprint density at radius 3 is 2.62 bits per heavy atom. The van der Waals surface area contributed by atoms with Gasteiger partial charge < -0.3 is 10.5 Å². The van der Waals surface area contributed by atoms with Crippen molar-refractivity contribution in [3.8, 4) is 0 Å². The van der Waals surface area contributed by atoms with Gasteiger partial charge in [-0.05, 0) is 31.6 Å². The van der Waals surface area contributed by atoms with Gasteiger partial charge in [0.25, 0.3) is 0 Å². The lowest BCUT2D eigenvalue weighted by Gasteiger charge is -2.30. The first kappa shape index (κ1) is 12.5. The molecule has 16 heavy (non-hydrogen) atoms. The Bertz CT molecular complexity index is 257. The van der Waals surface area contributed by atoms with Crippen LogP contribution >= 0.6 is 11.8 Å². The zero-order valence-electron chi connectivity index (χ0n) is 8.93. The number of hydrogen-bond donors (Lipinski definition) is 1. The smallest absolute Gasteiger partial charge is 0.376 e. The minimum absolute atomic E-state index is 0.0127. The van der Waals surface area contributed by atoms with Gasteiger partial charge in [0, 0.05) is 17.9 Å². The predicted octanol–water partition coefficient (Wildman–Crippen LogP) is 2.53. The lowest BCUT2D eigenvalue weighted by Crippen LogP contribution is -2.49. The number of rotatable bonds is 4. The van der Waals surface area contributed by atoms with Crippen molar-refractivity contribution >= 4 is 11.8 Å². The average molecular weight is 255 g/mol. The molecule has 1 heterocycles. The SMILES string of the molecule is NC1(CCSC(F)(F)F)CCOC1C1CC1. The summed E-state index contributed by atoms with van der Waals surface area (Å²) in [7, 11) is 0. The molecule has 2 rings (SSSR count). The van der Waals surface area contributed by atoms with Crippen molar-refractivity contribution in [1.29, 1.82) is 0 Å². The summed E-state index contributed by atoms with van der Waals surface area (Å²) in [6.45, 7) is 0.592. The normalized spacial score (nSPS) is 35.6. The van der Waals surface area contributed by atoms with E-state index in [4.69, 9.17) is 10.5 Å². The fourth-order valence-electron chi connectivity index (χ4n) is 2.31. The lowest BCUT2D eigenvalue weighted by atomic mass is 9.87. The third-order valence-corrected chi connectivity index (χ3v) is 4.05. The molecular formula is C10H16F3NOS. The Kier molecular flexibility index (Phi) is 3.43. The summed E-state index contributed by atoms with van der Waals surface area (Å²) in [4.78, 5) is 0. The molecule has 1 saturated carbocycles. The number of hydrogen-bond acceptors (Lipinski definition) is 3. The van der Waals surface area contributed by atoms with Gasteiger partial charge in [-0.25, -0.2) is 0 Å². The van der Waals surface area contributed by atoms with E-state index in [0.29, 0.717) is 25.4 Å². The second kappa shape index (κ2) is 4.38. The van der Waals surface area contributed by atoms with E-state index in [1.807, 2.05) is 0 Å². The summed E-state index contributed by atoms with van der Waals surface area (Å²) in [5, 5.41) is 0. The summed E-state index contributed by atoms with van der Waals surface area (Å²) in [6.07, 6.45) is 3.28. The van der Waals surface area contributed by atoms with Crippen molar-refractivity contribution in [2.75, 3.05) is 12.4 Å². The van der Waals surface area contributed by atoms with Crippen LogP contribution in [0, 0.1) is 5.92 Å². The fraction of sp³-hybridized carbons (Fsp3) is 1.00. The van der Waals surface area contributed by atoms with Crippen molar-refractivity contribution in [2.45, 2.75) is 42.8 Å². The van der Waals surface area contributed by atoms with Crippen molar-refractivity contribution in [3.63, 3.8) is 0 Å². The van der Waals surface area contributed by atoms with Crippen LogP contribution in [0.15, 0.2) is 0 Å². The van der Waals surface area contributed by atoms with Crippen molar-refractivity contribution in [2.24, 2.45) is 11.7 Å². The first-order valence-corrected chi connectivity index (χ1v) is 6.50. The number of nitrogens with two attached hydrogens (primary N) is 1. The third kappa shape index (κ3) is 3.05. The second-order valence-electron chi connectivity index (χ2n) is 4.66. The van der Waals surface area contributed by atoms with Gasteiger partial charge in [0.15, 0.2) is 0 Å². The quantitative estimate of drug-likeness (QED) is 0.838. The Balaban J connectivity index is 1.82. The third-order valence-electron chi connectivity index (χ3n) is 3.31. The Morgan fingerprint density at radius 2 is 2.06 bits per heavy atom. The molecule has 94 valence electrons. The van der Waals surface area contributed by atoms with Gasteiger partial charge in [-0.2, -0.15) is 13.2 Å². The van der Waals surface area contributed by atoms with Crippen molar-refractivity contribution in [1.82, 2.24) is 0 Å². The van der Waals surface area contributed by atoms with Crippen LogP contribution in [0.1, 0.15) is 25.7 Å². The molecule has 1 aliphatic heterocycles. The van der Waals surface area contributed by atoms with Crippen LogP contribution in [0.2, 0.25) is 0 Å². The lowest BCUT2D eigenvalue weighted by molar-refractivity contribution is -0.0329. The van der Waals surface area contributed by atoms with Gasteiger partial charge >= 0.3 is 5.51 Å². The average Bonchev–Trinajstić information content (AvgIpc) is 2.89. The molecule has 0 aromatic heterocycles. The summed E-state index contributed by atoms with van der Waals surface area (Å²) < 4.78 is 41.6. The zero-order chi connectivity index (χ0) is 11.8. The molecule has 6 heteroatoms. The van der Waals surface area contributed by atoms with E-state index in [2.05, 4.69) is 0 Å². The maximum atomic E-state index is 12.0. The molecule has 2 aliphatic rings. The molecule has 2 unspecified atom stereocenters. The van der Waals surface area contributed by atoms with Gasteiger partial charge in [-0.3, -0.25) is 0 Å². The van der Waals surface area contributed by atoms with Gasteiger partial charge in [0.05, 0.1) is 6.10 Å². The van der Waals surface area contributed by atoms with Crippen LogP contribution in [0.3, 0.4) is 0 Å². The standard InChI is InChI=1S/C10H16F3NOS/c11-10(12,13)16-6-4-9(14)3-5-15-8(9)7-1-2-7/h7-8H,1-6,14H2. The van der Waals surface area contributed by atoms with Gasteiger partial charge in [-0.1, -0.05) is 11.8 Å². The van der Waals surface area contributed by atoms with E-state index in [9.17, 15) is 13.2 Å². The zero-order valence-corrected chi connectivity index (χ0v) is 9.74. The van der Waals surface area contributed by atoms with Crippen LogP contribution in [0.4, 0.5) is 13.2 Å². The van der Waals surface area contributed by atoms with E-state index >= 15 is 0 Å². The molecule has 0 aromatic carbocycles. The second-order valence-corrected chi connectivity index (χ2v) is 5.82. The van der Waals surface area contributed by atoms with Crippen LogP contribution in [-0.2, 0) is 4.74 Å². The van der Waals surface area contributed by atoms with Crippen LogP contribution in [0.25, 0.3) is 0 Å². The molecule has 0 amide bonds. The number of alkyl halides is 3. The number of ether oxygens (including phenoxy) is 1. The molecule has 2 atom stereocenters. The molecule has 0 radical (unpaired) electrons. The van der Waals surface area contributed by atoms with Crippen molar-refractivity contribution < 1.29 is 17.9 Å². The van der Waals surface area contributed by atoms with E-state index in [1.54, 1.807) is 0 Å². The van der Waals surface area contributed by atoms with Gasteiger partial charge in [0.1, 0.15) is 0 Å². The largest absolute Gasteiger partial charge is 0.441 e. The van der Waals surface area contributed by atoms with E-state index in [1.165, 1.54) is 0 Å². The van der Waals surface area contributed by atoms with Gasteiger partial charge in [0.2, 0.25) is 0 Å². The topological polar surface area (TPSA) is 35.2 Å². The van der Waals surface area contributed by atoms with Crippen LogP contribution in [0.5, 0.6) is 0 Å². The molecule has 1 aliphatic carbocycles. The molecule has 0 aromatic rings. The van der Waals surface area contributed by atoms with Crippen LogP contribution < -0.4 is 5.73 Å². The maximum Gasteiger partial charge on any atom is 0.441 e. The first-order chi connectivity index (χ1) is 7.41. The molecular weight excluding hydrogens is 239 g/mol. The van der Waals surface area contributed by atoms with E-state index in [0.717, 1.165) is 12.8 Å². The summed E-state index contributed by atoms with van der Waals surface area (Å²) in [5.41, 5.74) is 1.49. The van der Waals surface area contributed by atoms with E-state index in [-0.39, 0.29) is 23.6 Å². The Hall–Kier alpha value is 0.0600. The summed E-state index contributed by atoms with van der Waals surface area (Å²) in [6, 6.07) is 0. The first-order valence-electron chi connectivity index (χ1n) is 5.52. The molecule has 2 nitrogen and oxygen atoms in total. The summed E-state index contributed by atoms with van der Waals surface area (Å²) in [5.74, 6) is 0.524. The Labute approximate surface area is 97.1 Å². The summed E-state index contributed by atoms with van der Waals surface area (Å²) >= 11 is 0.0176. The number of thioether (sulfide) groups is 1. The van der Waals surface area contributed by atoms with Gasteiger partial charge in [-0.15, -0.1) is 0 Å². The van der Waals surface area contributed by atoms with E-state index < -0.39 is 11.0 Å². The molecule has 1 saturated heterocycles. The highest BCUT2D eigenvalue weighted by Crippen LogP contribution is 2.44. The minimum Gasteiger partial charge on any atom is -0.376 e. The molecule has 0 bridgehead atoms. The fourth-order valence-corrected chi connectivity index (χ4v) is 3.03.